The second kappa shape index (κ2) is 11.3. The molecule has 0 saturated heterocycles. The van der Waals surface area contributed by atoms with Crippen LogP contribution >= 0.6 is 39.1 Å². The zero-order valence-corrected chi connectivity index (χ0v) is 20.8. The molecule has 0 spiro atoms. The second-order valence-corrected chi connectivity index (χ2v) is 8.78. The number of nitrogens with one attached hydrogen (secondary N) is 1. The maximum absolute atomic E-state index is 12.1. The molecule has 1 amide bonds. The predicted molar refractivity (Wildman–Crippen MR) is 138 cm³/mol. The topological polar surface area (TPSA) is 72.8 Å². The highest BCUT2D eigenvalue weighted by atomic mass is 79.9. The van der Waals surface area contributed by atoms with Gasteiger partial charge in [-0.1, -0.05) is 59.6 Å². The lowest BCUT2D eigenvalue weighted by atomic mass is 10.2. The van der Waals surface area contributed by atoms with Crippen molar-refractivity contribution in [3.8, 4) is 11.5 Å². The Bertz CT molecular complexity index is 1340. The van der Waals surface area contributed by atoms with Gasteiger partial charge in [0, 0.05) is 22.2 Å². The fourth-order valence-corrected chi connectivity index (χ4v) is 4.28. The summed E-state index contributed by atoms with van der Waals surface area (Å²) in [6.07, 6.45) is 3.15. The number of benzene rings is 3. The number of hydrogen-bond donors (Lipinski definition) is 1. The number of halogens is 3. The summed E-state index contributed by atoms with van der Waals surface area (Å²) in [5, 5.41) is 5.92. The molecule has 1 heterocycles. The zero-order chi connectivity index (χ0) is 23.9. The van der Waals surface area contributed by atoms with Crippen LogP contribution in [0, 0.1) is 0 Å². The molecule has 1 aromatic heterocycles. The fourth-order valence-electron chi connectivity index (χ4n) is 3.10. The number of aromatic nitrogens is 1. The largest absolute Gasteiger partial charge is 0.486 e. The predicted octanol–water partition coefficient (Wildman–Crippen LogP) is 6.41. The summed E-state index contributed by atoms with van der Waals surface area (Å²) in [7, 11) is 0. The van der Waals surface area contributed by atoms with Crippen molar-refractivity contribution in [1.82, 2.24) is 10.4 Å². The first kappa shape index (κ1) is 24.0. The summed E-state index contributed by atoms with van der Waals surface area (Å²) in [4.78, 5) is 16.4. The molecular formula is C25H18BrCl2N3O3. The summed E-state index contributed by atoms with van der Waals surface area (Å²) in [6, 6.07) is 20.2. The minimum Gasteiger partial charge on any atom is -0.486 e. The van der Waals surface area contributed by atoms with E-state index in [-0.39, 0.29) is 13.2 Å². The molecule has 4 rings (SSSR count). The van der Waals surface area contributed by atoms with E-state index < -0.39 is 5.91 Å². The van der Waals surface area contributed by atoms with Crippen LogP contribution in [0.4, 0.5) is 0 Å². The Hall–Kier alpha value is -3.13. The van der Waals surface area contributed by atoms with Crippen LogP contribution in [0.3, 0.4) is 0 Å². The molecule has 0 bridgehead atoms. The van der Waals surface area contributed by atoms with Crippen molar-refractivity contribution in [2.24, 2.45) is 5.10 Å². The maximum Gasteiger partial charge on any atom is 0.277 e. The van der Waals surface area contributed by atoms with Crippen molar-refractivity contribution in [1.29, 1.82) is 0 Å². The Kier molecular flexibility index (Phi) is 8.00. The van der Waals surface area contributed by atoms with E-state index in [1.54, 1.807) is 30.5 Å². The molecule has 1 N–H and O–H groups in total. The van der Waals surface area contributed by atoms with Crippen LogP contribution < -0.4 is 14.9 Å². The average Bonchev–Trinajstić information content (AvgIpc) is 2.83. The molecule has 6 nitrogen and oxygen atoms in total. The Balaban J connectivity index is 1.33. The molecule has 0 unspecified atom stereocenters. The fraction of sp³-hybridized carbons (Fsp3) is 0.0800. The third-order valence-corrected chi connectivity index (χ3v) is 5.95. The summed E-state index contributed by atoms with van der Waals surface area (Å²) < 4.78 is 12.1. The number of ether oxygens (including phenoxy) is 2. The highest BCUT2D eigenvalue weighted by Gasteiger charge is 2.11. The van der Waals surface area contributed by atoms with Gasteiger partial charge >= 0.3 is 0 Å². The second-order valence-electron chi connectivity index (χ2n) is 7.11. The van der Waals surface area contributed by atoms with E-state index >= 15 is 0 Å². The molecule has 9 heteroatoms. The van der Waals surface area contributed by atoms with Gasteiger partial charge in [-0.05, 0) is 51.8 Å². The Morgan fingerprint density at radius 2 is 1.85 bits per heavy atom. The monoisotopic (exact) mass is 557 g/mol. The third-order valence-electron chi connectivity index (χ3n) is 4.71. The van der Waals surface area contributed by atoms with E-state index in [2.05, 4.69) is 31.4 Å². The van der Waals surface area contributed by atoms with E-state index in [9.17, 15) is 4.79 Å². The van der Waals surface area contributed by atoms with Gasteiger partial charge in [0.25, 0.3) is 5.91 Å². The molecule has 3 aromatic carbocycles. The van der Waals surface area contributed by atoms with Gasteiger partial charge < -0.3 is 9.47 Å². The molecule has 0 saturated carbocycles. The van der Waals surface area contributed by atoms with Gasteiger partial charge in [-0.3, -0.25) is 9.78 Å². The molecule has 0 aliphatic heterocycles. The van der Waals surface area contributed by atoms with E-state index in [4.69, 9.17) is 32.7 Å². The number of amides is 1. The highest BCUT2D eigenvalue weighted by molar-refractivity contribution is 9.10. The number of rotatable bonds is 8. The molecule has 0 aliphatic carbocycles. The van der Waals surface area contributed by atoms with Gasteiger partial charge in [0.05, 0.1) is 15.7 Å². The molecule has 34 heavy (non-hydrogen) atoms. The lowest BCUT2D eigenvalue weighted by molar-refractivity contribution is -0.123. The van der Waals surface area contributed by atoms with Crippen molar-refractivity contribution >= 4 is 62.2 Å². The van der Waals surface area contributed by atoms with Crippen molar-refractivity contribution < 1.29 is 14.3 Å². The number of hydrogen-bond acceptors (Lipinski definition) is 5. The quantitative estimate of drug-likeness (QED) is 0.200. The molecule has 4 aromatic rings. The van der Waals surface area contributed by atoms with Crippen molar-refractivity contribution in [2.75, 3.05) is 6.61 Å². The number of pyridine rings is 1. The minimum absolute atomic E-state index is 0.202. The first-order valence-electron chi connectivity index (χ1n) is 10.1. The van der Waals surface area contributed by atoms with Crippen LogP contribution in [0.25, 0.3) is 10.9 Å². The zero-order valence-electron chi connectivity index (χ0n) is 17.7. The Labute approximate surface area is 214 Å². The first-order valence-corrected chi connectivity index (χ1v) is 11.7. The van der Waals surface area contributed by atoms with Crippen molar-refractivity contribution in [3.63, 3.8) is 0 Å². The van der Waals surface area contributed by atoms with Gasteiger partial charge in [0.2, 0.25) is 0 Å². The Morgan fingerprint density at radius 1 is 1.03 bits per heavy atom. The third kappa shape index (κ3) is 6.05. The van der Waals surface area contributed by atoms with E-state index in [0.717, 1.165) is 10.9 Å². The van der Waals surface area contributed by atoms with Crippen LogP contribution in [0.1, 0.15) is 11.1 Å². The number of nitrogens with zero attached hydrogens (tertiary/aromatic N) is 2. The van der Waals surface area contributed by atoms with Crippen molar-refractivity contribution in [3.05, 3.63) is 98.6 Å². The lowest BCUT2D eigenvalue weighted by Crippen LogP contribution is -2.24. The lowest BCUT2D eigenvalue weighted by Gasteiger charge is -2.12. The molecular weight excluding hydrogens is 541 g/mol. The number of carbonyl (C=O) groups excluding carboxylic acids is 1. The van der Waals surface area contributed by atoms with Gasteiger partial charge in [0.15, 0.2) is 12.4 Å². The Morgan fingerprint density at radius 3 is 2.68 bits per heavy atom. The normalized spacial score (nSPS) is 11.0. The van der Waals surface area contributed by atoms with Gasteiger partial charge in [-0.25, -0.2) is 5.43 Å². The molecule has 0 radical (unpaired) electrons. The molecule has 0 fully saturated rings. The number of para-hydroxylation sites is 1. The van der Waals surface area contributed by atoms with Gasteiger partial charge in [-0.2, -0.15) is 5.10 Å². The van der Waals surface area contributed by atoms with Gasteiger partial charge in [-0.15, -0.1) is 0 Å². The van der Waals surface area contributed by atoms with Crippen LogP contribution in [0.2, 0.25) is 10.0 Å². The van der Waals surface area contributed by atoms with Crippen LogP contribution in [-0.2, 0) is 11.4 Å². The van der Waals surface area contributed by atoms with Crippen LogP contribution in [-0.4, -0.2) is 23.7 Å². The summed E-state index contributed by atoms with van der Waals surface area (Å²) in [5.74, 6) is 0.606. The number of carbonyl (C=O) groups is 1. The van der Waals surface area contributed by atoms with Crippen molar-refractivity contribution in [2.45, 2.75) is 6.61 Å². The summed E-state index contributed by atoms with van der Waals surface area (Å²) >= 11 is 16.0. The van der Waals surface area contributed by atoms with E-state index in [1.807, 2.05) is 42.5 Å². The SMILES string of the molecule is O=C(COc1cccc2cccnc12)N/N=C/c1cc(Cl)c(OCc2ccccc2Cl)c(Br)c1. The molecule has 0 atom stereocenters. The standard InChI is InChI=1S/C25H18BrCl2N3O3/c26-19-11-16(12-21(28)25(19)34-14-18-5-1-2-8-20(18)27)13-30-31-23(32)15-33-22-9-3-6-17-7-4-10-29-24(17)22/h1-13H,14-15H2,(H,31,32)/b30-13+. The summed E-state index contributed by atoms with van der Waals surface area (Å²) in [6.45, 7) is 0.0695. The molecule has 172 valence electrons. The number of hydrazone groups is 1. The van der Waals surface area contributed by atoms with E-state index in [0.29, 0.717) is 37.1 Å². The molecule has 0 aliphatic rings. The minimum atomic E-state index is -0.408. The van der Waals surface area contributed by atoms with Crippen LogP contribution in [0.15, 0.2) is 82.5 Å². The summed E-state index contributed by atoms with van der Waals surface area (Å²) in [5.41, 5.74) is 4.65. The van der Waals surface area contributed by atoms with Gasteiger partial charge in [0.1, 0.15) is 17.9 Å². The first-order chi connectivity index (χ1) is 16.5. The average molecular weight is 559 g/mol. The maximum atomic E-state index is 12.1. The highest BCUT2D eigenvalue weighted by Crippen LogP contribution is 2.35. The number of fused-ring (bicyclic) bond motifs is 1. The van der Waals surface area contributed by atoms with E-state index in [1.165, 1.54) is 6.21 Å². The smallest absolute Gasteiger partial charge is 0.277 e. The van der Waals surface area contributed by atoms with Crippen LogP contribution in [0.5, 0.6) is 11.5 Å².